The van der Waals surface area contributed by atoms with Gasteiger partial charge in [0.15, 0.2) is 0 Å². The second-order valence-electron chi connectivity index (χ2n) is 7.36. The van der Waals surface area contributed by atoms with Crippen LogP contribution in [0.25, 0.3) is 0 Å². The largest absolute Gasteiger partial charge is 0.399 e. The number of benzene rings is 1. The Balaban J connectivity index is 0.00000320. The molecule has 1 aromatic carbocycles. The first-order valence-electron chi connectivity index (χ1n) is 9.94. The molecule has 2 heterocycles. The Morgan fingerprint density at radius 3 is 2.83 bits per heavy atom. The summed E-state index contributed by atoms with van der Waals surface area (Å²) in [5, 5.41) is 15.4. The van der Waals surface area contributed by atoms with Gasteiger partial charge in [0.05, 0.1) is 11.6 Å². The zero-order valence-electron chi connectivity index (χ0n) is 17.3. The fourth-order valence-corrected chi connectivity index (χ4v) is 3.59. The third-order valence-electron chi connectivity index (χ3n) is 4.77. The Kier molecular flexibility index (Phi) is 8.25. The van der Waals surface area contributed by atoms with Crippen LogP contribution >= 0.6 is 12.4 Å². The molecule has 1 aliphatic heterocycles. The van der Waals surface area contributed by atoms with E-state index in [9.17, 15) is 4.79 Å². The number of hydrogen-bond donors (Lipinski definition) is 3. The maximum atomic E-state index is 11.4. The van der Waals surface area contributed by atoms with Crippen LogP contribution in [0.1, 0.15) is 44.4 Å². The summed E-state index contributed by atoms with van der Waals surface area (Å²) in [5.41, 5.74) is 8.50. The predicted octanol–water partition coefficient (Wildman–Crippen LogP) is 3.15. The van der Waals surface area contributed by atoms with Crippen molar-refractivity contribution in [1.29, 1.82) is 5.26 Å². The number of anilines is 4. The molecule has 0 radical (unpaired) electrons. The van der Waals surface area contributed by atoms with Gasteiger partial charge in [-0.05, 0) is 37.5 Å². The number of carbonyl (C=O) groups excluding carboxylic acids is 1. The molecule has 0 bridgehead atoms. The average molecular weight is 430 g/mol. The highest BCUT2D eigenvalue weighted by Crippen LogP contribution is 2.24. The van der Waals surface area contributed by atoms with Gasteiger partial charge in [-0.3, -0.25) is 4.79 Å². The molecule has 1 aromatic heterocycles. The number of nitrogens with two attached hydrogens (primary N) is 1. The van der Waals surface area contributed by atoms with Crippen LogP contribution in [0.15, 0.2) is 24.3 Å². The summed E-state index contributed by atoms with van der Waals surface area (Å²) in [6.07, 6.45) is 3.77. The van der Waals surface area contributed by atoms with Crippen molar-refractivity contribution in [3.8, 4) is 6.07 Å². The molecule has 1 fully saturated rings. The molecule has 1 saturated heterocycles. The van der Waals surface area contributed by atoms with Crippen molar-refractivity contribution in [2.45, 2.75) is 45.6 Å². The van der Waals surface area contributed by atoms with E-state index in [0.29, 0.717) is 22.9 Å². The van der Waals surface area contributed by atoms with Crippen LogP contribution in [-0.2, 0) is 11.2 Å². The fraction of sp³-hybridized carbons (Fsp3) is 0.429. The van der Waals surface area contributed by atoms with Crippen LogP contribution in [0.4, 0.5) is 23.1 Å². The standard InChI is InChI=1S/C21H27N7O.ClH/c1-3-5-17-11-20(28-7-4-6-18(13-28)24-14(2)29)27-21(25-17)26-19-9-15(12-22)8-16(23)10-19;/h8-11,18H,3-7,13,23H2,1-2H3,(H,24,29)(H,25,26,27);1H. The summed E-state index contributed by atoms with van der Waals surface area (Å²) >= 11 is 0. The lowest BCUT2D eigenvalue weighted by Crippen LogP contribution is -2.47. The van der Waals surface area contributed by atoms with E-state index in [1.807, 2.05) is 6.07 Å². The molecule has 0 saturated carbocycles. The number of nitrogens with zero attached hydrogens (tertiary/aromatic N) is 4. The molecule has 1 amide bonds. The molecule has 0 spiro atoms. The van der Waals surface area contributed by atoms with Crippen LogP contribution in [-0.4, -0.2) is 35.0 Å². The number of carbonyl (C=O) groups is 1. The molecule has 3 rings (SSSR count). The van der Waals surface area contributed by atoms with Crippen LogP contribution in [0.2, 0.25) is 0 Å². The van der Waals surface area contributed by atoms with Gasteiger partial charge in [0.2, 0.25) is 11.9 Å². The highest BCUT2D eigenvalue weighted by molar-refractivity contribution is 5.85. The number of nitriles is 1. The summed E-state index contributed by atoms with van der Waals surface area (Å²) in [4.78, 5) is 22.9. The van der Waals surface area contributed by atoms with Gasteiger partial charge in [0.25, 0.3) is 0 Å². The van der Waals surface area contributed by atoms with E-state index < -0.39 is 0 Å². The van der Waals surface area contributed by atoms with Crippen molar-refractivity contribution in [2.24, 2.45) is 0 Å². The van der Waals surface area contributed by atoms with Crippen molar-refractivity contribution in [3.63, 3.8) is 0 Å². The summed E-state index contributed by atoms with van der Waals surface area (Å²) < 4.78 is 0. The molecule has 4 N–H and O–H groups in total. The van der Waals surface area contributed by atoms with Gasteiger partial charge in [0, 0.05) is 49.2 Å². The SMILES string of the molecule is CCCc1cc(N2CCCC(NC(C)=O)C2)nc(Nc2cc(N)cc(C#N)c2)n1.Cl. The smallest absolute Gasteiger partial charge is 0.229 e. The quantitative estimate of drug-likeness (QED) is 0.603. The number of halogens is 1. The summed E-state index contributed by atoms with van der Waals surface area (Å²) in [6, 6.07) is 9.35. The second-order valence-corrected chi connectivity index (χ2v) is 7.36. The molecule has 8 nitrogen and oxygen atoms in total. The highest BCUT2D eigenvalue weighted by atomic mass is 35.5. The van der Waals surface area contributed by atoms with Gasteiger partial charge in [-0.2, -0.15) is 10.2 Å². The maximum absolute atomic E-state index is 11.4. The van der Waals surface area contributed by atoms with Crippen LogP contribution in [0.5, 0.6) is 0 Å². The van der Waals surface area contributed by atoms with Crippen molar-refractivity contribution < 1.29 is 4.79 Å². The number of hydrogen-bond acceptors (Lipinski definition) is 7. The van der Waals surface area contributed by atoms with Gasteiger partial charge in [-0.1, -0.05) is 13.3 Å². The number of nitrogens with one attached hydrogen (secondary N) is 2. The minimum atomic E-state index is -0.0106. The lowest BCUT2D eigenvalue weighted by atomic mass is 10.1. The van der Waals surface area contributed by atoms with Crippen molar-refractivity contribution >= 4 is 41.5 Å². The van der Waals surface area contributed by atoms with Gasteiger partial charge in [-0.15, -0.1) is 12.4 Å². The zero-order valence-corrected chi connectivity index (χ0v) is 18.1. The second kappa shape index (κ2) is 10.6. The number of amides is 1. The van der Waals surface area contributed by atoms with E-state index in [2.05, 4.69) is 33.5 Å². The van der Waals surface area contributed by atoms with Crippen molar-refractivity contribution in [2.75, 3.05) is 29.0 Å². The van der Waals surface area contributed by atoms with E-state index in [0.717, 1.165) is 50.3 Å². The van der Waals surface area contributed by atoms with Gasteiger partial charge in [-0.25, -0.2) is 4.98 Å². The van der Waals surface area contributed by atoms with Gasteiger partial charge in [0.1, 0.15) is 5.82 Å². The topological polar surface area (TPSA) is 120 Å². The van der Waals surface area contributed by atoms with E-state index in [1.54, 1.807) is 25.1 Å². The maximum Gasteiger partial charge on any atom is 0.229 e. The van der Waals surface area contributed by atoms with Gasteiger partial charge < -0.3 is 21.3 Å². The molecule has 9 heteroatoms. The van der Waals surface area contributed by atoms with E-state index in [4.69, 9.17) is 16.0 Å². The molecule has 160 valence electrons. The Bertz CT molecular complexity index is 928. The van der Waals surface area contributed by atoms with E-state index in [1.165, 1.54) is 0 Å². The number of nitrogen functional groups attached to an aromatic ring is 1. The van der Waals surface area contributed by atoms with Crippen LogP contribution in [0, 0.1) is 11.3 Å². The third kappa shape index (κ3) is 6.22. The number of aromatic nitrogens is 2. The average Bonchev–Trinajstić information content (AvgIpc) is 2.67. The Labute approximate surface area is 183 Å². The summed E-state index contributed by atoms with van der Waals surface area (Å²) in [7, 11) is 0. The molecule has 1 aliphatic rings. The Hall–Kier alpha value is -3.05. The molecular formula is C21H28ClN7O. The normalized spacial score (nSPS) is 15.6. The van der Waals surface area contributed by atoms with Crippen molar-refractivity contribution in [3.05, 3.63) is 35.5 Å². The predicted molar refractivity (Wildman–Crippen MR) is 121 cm³/mol. The minimum absolute atomic E-state index is 0. The Morgan fingerprint density at radius 1 is 1.33 bits per heavy atom. The van der Waals surface area contributed by atoms with Crippen LogP contribution < -0.4 is 21.3 Å². The summed E-state index contributed by atoms with van der Waals surface area (Å²) in [6.45, 7) is 5.26. The zero-order chi connectivity index (χ0) is 20.8. The summed E-state index contributed by atoms with van der Waals surface area (Å²) in [5.74, 6) is 1.30. The highest BCUT2D eigenvalue weighted by Gasteiger charge is 2.22. The van der Waals surface area contributed by atoms with E-state index >= 15 is 0 Å². The number of rotatable bonds is 6. The van der Waals surface area contributed by atoms with Crippen LogP contribution in [0.3, 0.4) is 0 Å². The molecule has 1 unspecified atom stereocenters. The van der Waals surface area contributed by atoms with E-state index in [-0.39, 0.29) is 24.4 Å². The number of aryl methyl sites for hydroxylation is 1. The molecular weight excluding hydrogens is 402 g/mol. The molecule has 0 aliphatic carbocycles. The lowest BCUT2D eigenvalue weighted by molar-refractivity contribution is -0.119. The first kappa shape index (κ1) is 23.2. The molecule has 30 heavy (non-hydrogen) atoms. The Morgan fingerprint density at radius 2 is 2.13 bits per heavy atom. The number of piperidine rings is 1. The first-order valence-corrected chi connectivity index (χ1v) is 9.94. The molecule has 1 atom stereocenters. The lowest BCUT2D eigenvalue weighted by Gasteiger charge is -2.34. The fourth-order valence-electron chi connectivity index (χ4n) is 3.59. The third-order valence-corrected chi connectivity index (χ3v) is 4.77. The van der Waals surface area contributed by atoms with Crippen molar-refractivity contribution in [1.82, 2.24) is 15.3 Å². The first-order chi connectivity index (χ1) is 14.0. The minimum Gasteiger partial charge on any atom is -0.399 e. The molecule has 2 aromatic rings. The monoisotopic (exact) mass is 429 g/mol. The van der Waals surface area contributed by atoms with Gasteiger partial charge >= 0.3 is 0 Å².